The zero-order valence-electron chi connectivity index (χ0n) is 12.3. The first-order valence-corrected chi connectivity index (χ1v) is 8.15. The maximum absolute atomic E-state index is 5.53. The zero-order chi connectivity index (χ0) is 14.3. The van der Waals surface area contributed by atoms with Crippen molar-refractivity contribution >= 4 is 23.4 Å². The van der Waals surface area contributed by atoms with Crippen LogP contribution in [0.25, 0.3) is 0 Å². The summed E-state index contributed by atoms with van der Waals surface area (Å²) in [6.07, 6.45) is 5.07. The Kier molecular flexibility index (Phi) is 6.94. The Hall–Kier alpha value is -1.01. The van der Waals surface area contributed by atoms with E-state index in [2.05, 4.69) is 40.8 Å². The van der Waals surface area contributed by atoms with Crippen LogP contribution in [0, 0.1) is 6.92 Å². The molecule has 1 aromatic heterocycles. The van der Waals surface area contributed by atoms with Gasteiger partial charge in [-0.3, -0.25) is 0 Å². The largest absolute Gasteiger partial charge is 0.366 e. The highest BCUT2D eigenvalue weighted by atomic mass is 32.2. The van der Waals surface area contributed by atoms with Crippen LogP contribution in [0.15, 0.2) is 0 Å². The van der Waals surface area contributed by atoms with Gasteiger partial charge in [0, 0.05) is 23.8 Å². The van der Waals surface area contributed by atoms with Crippen molar-refractivity contribution in [3.63, 3.8) is 0 Å². The molecule has 0 saturated heterocycles. The van der Waals surface area contributed by atoms with Gasteiger partial charge in [0.15, 0.2) is 0 Å². The van der Waals surface area contributed by atoms with E-state index in [1.807, 2.05) is 18.7 Å². The van der Waals surface area contributed by atoms with Crippen LogP contribution in [0.1, 0.15) is 38.1 Å². The van der Waals surface area contributed by atoms with E-state index in [1.165, 1.54) is 0 Å². The number of thioether (sulfide) groups is 1. The minimum Gasteiger partial charge on any atom is -0.366 e. The summed E-state index contributed by atoms with van der Waals surface area (Å²) >= 11 is 1.84. The monoisotopic (exact) mass is 283 g/mol. The normalized spacial score (nSPS) is 12.3. The van der Waals surface area contributed by atoms with E-state index in [0.717, 1.165) is 42.2 Å². The summed E-state index contributed by atoms with van der Waals surface area (Å²) in [5.74, 6) is 9.04. The fraction of sp³-hybridized carbons (Fsp3) is 0.692. The number of aromatic nitrogens is 2. The molecule has 0 saturated carbocycles. The van der Waals surface area contributed by atoms with Gasteiger partial charge >= 0.3 is 0 Å². The number of anilines is 2. The molecule has 1 aromatic rings. The maximum atomic E-state index is 5.53. The number of rotatable bonds is 8. The van der Waals surface area contributed by atoms with E-state index >= 15 is 0 Å². The fourth-order valence-corrected chi connectivity index (χ4v) is 2.56. The molecule has 0 aliphatic carbocycles. The predicted octanol–water partition coefficient (Wildman–Crippen LogP) is 2.58. The molecule has 5 nitrogen and oxygen atoms in total. The van der Waals surface area contributed by atoms with Crippen LogP contribution in [0.4, 0.5) is 11.6 Å². The van der Waals surface area contributed by atoms with Gasteiger partial charge in [-0.05, 0) is 26.0 Å². The van der Waals surface area contributed by atoms with E-state index in [-0.39, 0.29) is 0 Å². The molecule has 4 N–H and O–H groups in total. The lowest BCUT2D eigenvalue weighted by atomic mass is 10.2. The molecule has 1 unspecified atom stereocenters. The van der Waals surface area contributed by atoms with Gasteiger partial charge in [-0.15, -0.1) is 0 Å². The molecular weight excluding hydrogens is 258 g/mol. The average Bonchev–Trinajstić information content (AvgIpc) is 2.41. The summed E-state index contributed by atoms with van der Waals surface area (Å²) in [4.78, 5) is 9.04. The second-order valence-corrected chi connectivity index (χ2v) is 5.47. The molecule has 1 heterocycles. The van der Waals surface area contributed by atoms with Crippen molar-refractivity contribution in [2.24, 2.45) is 5.84 Å². The molecule has 19 heavy (non-hydrogen) atoms. The van der Waals surface area contributed by atoms with Gasteiger partial charge in [0.1, 0.15) is 17.5 Å². The summed E-state index contributed by atoms with van der Waals surface area (Å²) < 4.78 is 0. The number of aryl methyl sites for hydroxylation is 1. The topological polar surface area (TPSA) is 75.9 Å². The third-order valence-electron chi connectivity index (χ3n) is 3.00. The molecule has 6 heteroatoms. The van der Waals surface area contributed by atoms with Gasteiger partial charge in [-0.1, -0.05) is 13.8 Å². The van der Waals surface area contributed by atoms with E-state index in [9.17, 15) is 0 Å². The van der Waals surface area contributed by atoms with Gasteiger partial charge in [-0.25, -0.2) is 15.8 Å². The molecule has 0 aromatic carbocycles. The molecule has 0 fully saturated rings. The van der Waals surface area contributed by atoms with Crippen molar-refractivity contribution in [2.45, 2.75) is 46.1 Å². The van der Waals surface area contributed by atoms with Crippen molar-refractivity contribution in [2.75, 3.05) is 22.8 Å². The van der Waals surface area contributed by atoms with Gasteiger partial charge in [0.2, 0.25) is 0 Å². The molecule has 0 aliphatic heterocycles. The lowest BCUT2D eigenvalue weighted by Crippen LogP contribution is -2.24. The molecule has 0 radical (unpaired) electrons. The number of nitrogens with zero attached hydrogens (tertiary/aromatic N) is 2. The first-order valence-electron chi connectivity index (χ1n) is 6.75. The molecule has 1 atom stereocenters. The van der Waals surface area contributed by atoms with Crippen LogP contribution in [0.5, 0.6) is 0 Å². The zero-order valence-corrected chi connectivity index (χ0v) is 13.1. The second-order valence-electron chi connectivity index (χ2n) is 4.56. The summed E-state index contributed by atoms with van der Waals surface area (Å²) in [5.41, 5.74) is 3.64. The third kappa shape index (κ3) is 4.54. The molecule has 0 aliphatic rings. The van der Waals surface area contributed by atoms with Crippen LogP contribution in [0.3, 0.4) is 0 Å². The molecule has 0 spiro atoms. The van der Waals surface area contributed by atoms with Gasteiger partial charge in [0.25, 0.3) is 0 Å². The number of nitrogens with two attached hydrogens (primary N) is 1. The number of nitrogens with one attached hydrogen (secondary N) is 2. The molecular formula is C13H25N5S. The Balaban J connectivity index is 2.99. The van der Waals surface area contributed by atoms with E-state index in [0.29, 0.717) is 11.9 Å². The highest BCUT2D eigenvalue weighted by molar-refractivity contribution is 7.98. The number of nitrogen functional groups attached to an aromatic ring is 1. The van der Waals surface area contributed by atoms with Crippen molar-refractivity contribution in [1.82, 2.24) is 9.97 Å². The van der Waals surface area contributed by atoms with Gasteiger partial charge in [-0.2, -0.15) is 11.8 Å². The molecule has 108 valence electrons. The molecule has 0 bridgehead atoms. The number of hydrazine groups is 1. The van der Waals surface area contributed by atoms with Crippen molar-refractivity contribution in [1.29, 1.82) is 0 Å². The Bertz CT molecular complexity index is 397. The highest BCUT2D eigenvalue weighted by Gasteiger charge is 2.13. The van der Waals surface area contributed by atoms with Crippen molar-refractivity contribution in [3.05, 3.63) is 11.4 Å². The SMILES string of the molecule is CCCc1nc(NN)c(C)c(NC(CC)CSC)n1. The summed E-state index contributed by atoms with van der Waals surface area (Å²) in [6.45, 7) is 6.28. The lowest BCUT2D eigenvalue weighted by molar-refractivity contribution is 0.759. The third-order valence-corrected chi connectivity index (χ3v) is 3.74. The second kappa shape index (κ2) is 8.22. The highest BCUT2D eigenvalue weighted by Crippen LogP contribution is 2.21. The van der Waals surface area contributed by atoms with E-state index in [1.54, 1.807) is 0 Å². The lowest BCUT2D eigenvalue weighted by Gasteiger charge is -2.19. The van der Waals surface area contributed by atoms with E-state index in [4.69, 9.17) is 5.84 Å². The predicted molar refractivity (Wildman–Crippen MR) is 84.7 cm³/mol. The maximum Gasteiger partial charge on any atom is 0.148 e. The molecule has 0 amide bonds. The van der Waals surface area contributed by atoms with E-state index < -0.39 is 0 Å². The Morgan fingerprint density at radius 2 is 1.95 bits per heavy atom. The minimum absolute atomic E-state index is 0.420. The summed E-state index contributed by atoms with van der Waals surface area (Å²) in [5, 5.41) is 3.50. The summed E-state index contributed by atoms with van der Waals surface area (Å²) in [6, 6.07) is 0.420. The quantitative estimate of drug-likeness (QED) is 0.503. The Morgan fingerprint density at radius 1 is 1.26 bits per heavy atom. The van der Waals surface area contributed by atoms with Gasteiger partial charge in [0.05, 0.1) is 0 Å². The standard InChI is InChI=1S/C13H25N5S/c1-5-7-11-16-12(9(3)13(17-11)18-14)15-10(6-2)8-19-4/h10H,5-8,14H2,1-4H3,(H2,15,16,17,18). The molecule has 1 rings (SSSR count). The van der Waals surface area contributed by atoms with Crippen LogP contribution in [-0.2, 0) is 6.42 Å². The minimum atomic E-state index is 0.420. The smallest absolute Gasteiger partial charge is 0.148 e. The first-order chi connectivity index (χ1) is 9.15. The number of hydrogen-bond acceptors (Lipinski definition) is 6. The van der Waals surface area contributed by atoms with Crippen LogP contribution in [0.2, 0.25) is 0 Å². The van der Waals surface area contributed by atoms with Crippen molar-refractivity contribution < 1.29 is 0 Å². The van der Waals surface area contributed by atoms with Crippen LogP contribution in [-0.4, -0.2) is 28.0 Å². The van der Waals surface area contributed by atoms with Crippen LogP contribution < -0.4 is 16.6 Å². The Labute approximate surface area is 120 Å². The first kappa shape index (κ1) is 16.0. The van der Waals surface area contributed by atoms with Crippen molar-refractivity contribution in [3.8, 4) is 0 Å². The average molecular weight is 283 g/mol. The van der Waals surface area contributed by atoms with Gasteiger partial charge < -0.3 is 10.7 Å². The Morgan fingerprint density at radius 3 is 2.47 bits per heavy atom. The van der Waals surface area contributed by atoms with Crippen LogP contribution >= 0.6 is 11.8 Å². The summed E-state index contributed by atoms with van der Waals surface area (Å²) in [7, 11) is 0. The number of hydrogen-bond donors (Lipinski definition) is 3. The fourth-order valence-electron chi connectivity index (χ4n) is 1.84.